The topological polar surface area (TPSA) is 72.7 Å². The first-order valence-electron chi connectivity index (χ1n) is 9.42. The van der Waals surface area contributed by atoms with Crippen molar-refractivity contribution in [3.63, 3.8) is 0 Å². The van der Waals surface area contributed by atoms with Gasteiger partial charge in [-0.1, -0.05) is 48.5 Å². The molecule has 0 saturated heterocycles. The van der Waals surface area contributed by atoms with Crippen LogP contribution in [0.5, 0.6) is 0 Å². The summed E-state index contributed by atoms with van der Waals surface area (Å²) in [7, 11) is 0. The van der Waals surface area contributed by atoms with Crippen LogP contribution in [0.1, 0.15) is 31.4 Å². The fourth-order valence-electron chi connectivity index (χ4n) is 2.77. The van der Waals surface area contributed by atoms with Gasteiger partial charge < -0.3 is 9.88 Å². The lowest BCUT2D eigenvalue weighted by Crippen LogP contribution is -2.30. The first-order valence-corrected chi connectivity index (χ1v) is 10.3. The summed E-state index contributed by atoms with van der Waals surface area (Å²) in [4.78, 5) is 16.6. The summed E-state index contributed by atoms with van der Waals surface area (Å²) in [6.45, 7) is 7.38. The van der Waals surface area contributed by atoms with E-state index in [4.69, 9.17) is 0 Å². The molecule has 1 N–H and O–H groups in total. The van der Waals surface area contributed by atoms with Crippen LogP contribution >= 0.6 is 11.8 Å². The number of benzene rings is 1. The van der Waals surface area contributed by atoms with E-state index in [1.54, 1.807) is 12.4 Å². The minimum absolute atomic E-state index is 0.0120. The van der Waals surface area contributed by atoms with E-state index < -0.39 is 0 Å². The Labute approximate surface area is 169 Å². The third-order valence-corrected chi connectivity index (χ3v) is 5.42. The minimum atomic E-state index is -0.268. The number of thioether (sulfide) groups is 1. The molecule has 7 heteroatoms. The molecule has 3 aromatic rings. The van der Waals surface area contributed by atoms with Gasteiger partial charge in [0.1, 0.15) is 0 Å². The van der Waals surface area contributed by atoms with Crippen molar-refractivity contribution in [1.82, 2.24) is 25.1 Å². The number of aromatic nitrogens is 4. The number of rotatable bonds is 8. The molecule has 0 radical (unpaired) electrons. The molecule has 0 aliphatic carbocycles. The fourth-order valence-corrected chi connectivity index (χ4v) is 3.67. The SMILES string of the molecule is CCCn1c(S[C@H](C)C(=O)NCc2ccc(C)cc2)nnc1-c1ccncc1. The molecule has 0 saturated carbocycles. The van der Waals surface area contributed by atoms with Crippen LogP contribution in [0.25, 0.3) is 11.4 Å². The van der Waals surface area contributed by atoms with Gasteiger partial charge in [0.15, 0.2) is 11.0 Å². The zero-order valence-corrected chi connectivity index (χ0v) is 17.2. The maximum atomic E-state index is 12.5. The maximum Gasteiger partial charge on any atom is 0.233 e. The summed E-state index contributed by atoms with van der Waals surface area (Å²) >= 11 is 1.43. The van der Waals surface area contributed by atoms with Gasteiger partial charge in [-0.25, -0.2) is 0 Å². The van der Waals surface area contributed by atoms with Crippen molar-refractivity contribution in [1.29, 1.82) is 0 Å². The number of hydrogen-bond acceptors (Lipinski definition) is 5. The van der Waals surface area contributed by atoms with Gasteiger partial charge in [0, 0.05) is 31.0 Å². The molecule has 0 bridgehead atoms. The predicted octanol–water partition coefficient (Wildman–Crippen LogP) is 3.86. The van der Waals surface area contributed by atoms with Crippen LogP contribution in [-0.2, 0) is 17.9 Å². The second-order valence-corrected chi connectivity index (χ2v) is 7.97. The Bertz CT molecular complexity index is 908. The lowest BCUT2D eigenvalue weighted by Gasteiger charge is -2.13. The Balaban J connectivity index is 1.67. The molecule has 1 aromatic carbocycles. The van der Waals surface area contributed by atoms with E-state index in [0.29, 0.717) is 6.54 Å². The summed E-state index contributed by atoms with van der Waals surface area (Å²) in [5.74, 6) is 0.793. The van der Waals surface area contributed by atoms with Crippen LogP contribution in [0.2, 0.25) is 0 Å². The number of amides is 1. The Morgan fingerprint density at radius 3 is 2.54 bits per heavy atom. The van der Waals surface area contributed by atoms with E-state index in [9.17, 15) is 4.79 Å². The number of carbonyl (C=O) groups is 1. The molecule has 1 amide bonds. The standard InChI is InChI=1S/C21H25N5OS/c1-4-13-26-19(18-9-11-22-12-10-18)24-25-21(26)28-16(3)20(27)23-14-17-7-5-15(2)6-8-17/h5-12,16H,4,13-14H2,1-3H3,(H,23,27)/t16-/m1/s1. The molecule has 0 aliphatic heterocycles. The normalized spacial score (nSPS) is 12.0. The molecule has 3 rings (SSSR count). The van der Waals surface area contributed by atoms with Crippen LogP contribution in [0.15, 0.2) is 53.9 Å². The number of aryl methyl sites for hydroxylation is 1. The zero-order chi connectivity index (χ0) is 19.9. The van der Waals surface area contributed by atoms with Gasteiger partial charge in [-0.2, -0.15) is 0 Å². The lowest BCUT2D eigenvalue weighted by atomic mass is 10.1. The molecular weight excluding hydrogens is 370 g/mol. The second kappa shape index (κ2) is 9.50. The zero-order valence-electron chi connectivity index (χ0n) is 16.4. The molecule has 0 fully saturated rings. The Hall–Kier alpha value is -2.67. The van der Waals surface area contributed by atoms with E-state index >= 15 is 0 Å². The second-order valence-electron chi connectivity index (χ2n) is 6.66. The molecule has 0 spiro atoms. The minimum Gasteiger partial charge on any atom is -0.351 e. The van der Waals surface area contributed by atoms with Crippen molar-refractivity contribution >= 4 is 17.7 Å². The summed E-state index contributed by atoms with van der Waals surface area (Å²) < 4.78 is 2.07. The largest absolute Gasteiger partial charge is 0.351 e. The first-order chi connectivity index (χ1) is 13.6. The van der Waals surface area contributed by atoms with E-state index in [1.165, 1.54) is 17.3 Å². The quantitative estimate of drug-likeness (QED) is 0.587. The van der Waals surface area contributed by atoms with Crippen molar-refractivity contribution in [3.8, 4) is 11.4 Å². The smallest absolute Gasteiger partial charge is 0.233 e. The van der Waals surface area contributed by atoms with Crippen molar-refractivity contribution < 1.29 is 4.79 Å². The van der Waals surface area contributed by atoms with Crippen molar-refractivity contribution in [2.45, 2.75) is 50.7 Å². The number of nitrogens with one attached hydrogen (secondary N) is 1. The molecule has 146 valence electrons. The number of nitrogens with zero attached hydrogens (tertiary/aromatic N) is 4. The maximum absolute atomic E-state index is 12.5. The molecule has 2 aromatic heterocycles. The van der Waals surface area contributed by atoms with E-state index in [0.717, 1.165) is 35.1 Å². The van der Waals surface area contributed by atoms with Crippen LogP contribution in [-0.4, -0.2) is 30.9 Å². The van der Waals surface area contributed by atoms with Gasteiger partial charge in [-0.3, -0.25) is 9.78 Å². The Morgan fingerprint density at radius 1 is 1.14 bits per heavy atom. The molecule has 0 unspecified atom stereocenters. The number of pyridine rings is 1. The number of carbonyl (C=O) groups excluding carboxylic acids is 1. The van der Waals surface area contributed by atoms with Gasteiger partial charge in [0.25, 0.3) is 0 Å². The third-order valence-electron chi connectivity index (χ3n) is 4.34. The lowest BCUT2D eigenvalue weighted by molar-refractivity contribution is -0.120. The average molecular weight is 396 g/mol. The van der Waals surface area contributed by atoms with Gasteiger partial charge in [-0.05, 0) is 38.0 Å². The molecule has 6 nitrogen and oxygen atoms in total. The van der Waals surface area contributed by atoms with Gasteiger partial charge >= 0.3 is 0 Å². The van der Waals surface area contributed by atoms with Gasteiger partial charge in [0.2, 0.25) is 5.91 Å². The Kier molecular flexibility index (Phi) is 6.81. The summed E-state index contributed by atoms with van der Waals surface area (Å²) in [5.41, 5.74) is 3.27. The number of hydrogen-bond donors (Lipinski definition) is 1. The van der Waals surface area contributed by atoms with Gasteiger partial charge in [-0.15, -0.1) is 10.2 Å². The van der Waals surface area contributed by atoms with E-state index in [2.05, 4.69) is 32.0 Å². The highest BCUT2D eigenvalue weighted by Crippen LogP contribution is 2.27. The molecule has 0 aliphatic rings. The monoisotopic (exact) mass is 395 g/mol. The highest BCUT2D eigenvalue weighted by molar-refractivity contribution is 8.00. The van der Waals surface area contributed by atoms with Crippen molar-refractivity contribution in [2.75, 3.05) is 0 Å². The van der Waals surface area contributed by atoms with Crippen LogP contribution in [0.3, 0.4) is 0 Å². The van der Waals surface area contributed by atoms with Crippen LogP contribution < -0.4 is 5.32 Å². The van der Waals surface area contributed by atoms with Crippen molar-refractivity contribution in [2.24, 2.45) is 0 Å². The summed E-state index contributed by atoms with van der Waals surface area (Å²) in [5, 5.41) is 12.2. The van der Waals surface area contributed by atoms with E-state index in [1.807, 2.05) is 50.2 Å². The van der Waals surface area contributed by atoms with Crippen molar-refractivity contribution in [3.05, 3.63) is 59.9 Å². The molecule has 2 heterocycles. The Morgan fingerprint density at radius 2 is 1.86 bits per heavy atom. The summed E-state index contributed by atoms with van der Waals surface area (Å²) in [6.07, 6.45) is 4.44. The third kappa shape index (κ3) is 4.98. The molecule has 28 heavy (non-hydrogen) atoms. The molecule has 1 atom stereocenters. The van der Waals surface area contributed by atoms with Crippen LogP contribution in [0, 0.1) is 6.92 Å². The van der Waals surface area contributed by atoms with Gasteiger partial charge in [0.05, 0.1) is 5.25 Å². The molecular formula is C21H25N5OS. The summed E-state index contributed by atoms with van der Waals surface area (Å²) in [6, 6.07) is 12.0. The average Bonchev–Trinajstić information content (AvgIpc) is 3.10. The van der Waals surface area contributed by atoms with Crippen LogP contribution in [0.4, 0.5) is 0 Å². The fraction of sp³-hybridized carbons (Fsp3) is 0.333. The van der Waals surface area contributed by atoms with E-state index in [-0.39, 0.29) is 11.2 Å². The highest BCUT2D eigenvalue weighted by atomic mass is 32.2. The first kappa shape index (κ1) is 20.1. The highest BCUT2D eigenvalue weighted by Gasteiger charge is 2.20. The predicted molar refractivity (Wildman–Crippen MR) is 112 cm³/mol.